The van der Waals surface area contributed by atoms with Crippen LogP contribution in [0.1, 0.15) is 78.4 Å². The monoisotopic (exact) mass is 432 g/mol. The first-order valence-corrected chi connectivity index (χ1v) is 12.2. The third kappa shape index (κ3) is 6.31. The molecule has 1 atom stereocenters. The number of ether oxygens (including phenoxy) is 4. The van der Waals surface area contributed by atoms with Gasteiger partial charge in [-0.05, 0) is 57.6 Å². The summed E-state index contributed by atoms with van der Waals surface area (Å²) in [7, 11) is 0. The molecule has 0 radical (unpaired) electrons. The molecular formula is C27H44O4. The average molecular weight is 433 g/mol. The molecule has 31 heavy (non-hydrogen) atoms. The maximum Gasteiger partial charge on any atom is 0.0724 e. The van der Waals surface area contributed by atoms with E-state index in [9.17, 15) is 0 Å². The summed E-state index contributed by atoms with van der Waals surface area (Å²) in [4.78, 5) is 0. The summed E-state index contributed by atoms with van der Waals surface area (Å²) in [6, 6.07) is 8.86. The SMILES string of the molecule is CCC1(COC(C)(C)Cc2ccc(COC(C)(CC)CC3(CC)COC3)cc2)COC1. The summed E-state index contributed by atoms with van der Waals surface area (Å²) in [5, 5.41) is 0. The van der Waals surface area contributed by atoms with E-state index in [0.29, 0.717) is 12.0 Å². The summed E-state index contributed by atoms with van der Waals surface area (Å²) in [5.41, 5.74) is 2.78. The molecular weight excluding hydrogens is 388 g/mol. The van der Waals surface area contributed by atoms with E-state index < -0.39 is 0 Å². The van der Waals surface area contributed by atoms with Gasteiger partial charge in [-0.25, -0.2) is 0 Å². The molecule has 0 bridgehead atoms. The average Bonchev–Trinajstić information content (AvgIpc) is 2.69. The van der Waals surface area contributed by atoms with E-state index in [1.54, 1.807) is 0 Å². The lowest BCUT2D eigenvalue weighted by Crippen LogP contribution is -2.48. The third-order valence-electron chi connectivity index (χ3n) is 7.64. The van der Waals surface area contributed by atoms with Gasteiger partial charge in [-0.1, -0.05) is 45.0 Å². The van der Waals surface area contributed by atoms with Gasteiger partial charge >= 0.3 is 0 Å². The Labute approximate surface area is 190 Å². The second-order valence-electron chi connectivity index (χ2n) is 11.0. The lowest BCUT2D eigenvalue weighted by atomic mass is 9.73. The smallest absolute Gasteiger partial charge is 0.0724 e. The van der Waals surface area contributed by atoms with Gasteiger partial charge in [0.25, 0.3) is 0 Å². The Morgan fingerprint density at radius 3 is 1.81 bits per heavy atom. The minimum absolute atomic E-state index is 0.102. The second-order valence-corrected chi connectivity index (χ2v) is 11.0. The highest BCUT2D eigenvalue weighted by Gasteiger charge is 2.43. The van der Waals surface area contributed by atoms with Crippen LogP contribution in [0.3, 0.4) is 0 Å². The van der Waals surface area contributed by atoms with Gasteiger partial charge in [0, 0.05) is 17.3 Å². The van der Waals surface area contributed by atoms with Crippen LogP contribution in [-0.2, 0) is 32.0 Å². The predicted octanol–water partition coefficient (Wildman–Crippen LogP) is 5.95. The van der Waals surface area contributed by atoms with Crippen LogP contribution in [0, 0.1) is 10.8 Å². The van der Waals surface area contributed by atoms with E-state index in [0.717, 1.165) is 65.1 Å². The molecule has 1 aromatic rings. The molecule has 2 saturated heterocycles. The molecule has 4 nitrogen and oxygen atoms in total. The normalized spacial score (nSPS) is 21.7. The van der Waals surface area contributed by atoms with E-state index in [-0.39, 0.29) is 16.6 Å². The summed E-state index contributed by atoms with van der Waals surface area (Å²) >= 11 is 0. The van der Waals surface area contributed by atoms with Crippen molar-refractivity contribution in [2.24, 2.45) is 10.8 Å². The largest absolute Gasteiger partial charge is 0.380 e. The zero-order valence-electron chi connectivity index (χ0n) is 20.7. The third-order valence-corrected chi connectivity index (χ3v) is 7.64. The number of hydrogen-bond acceptors (Lipinski definition) is 4. The Kier molecular flexibility index (Phi) is 7.89. The van der Waals surface area contributed by atoms with Crippen molar-refractivity contribution in [3.05, 3.63) is 35.4 Å². The van der Waals surface area contributed by atoms with E-state index in [4.69, 9.17) is 18.9 Å². The van der Waals surface area contributed by atoms with Gasteiger partial charge in [-0.3, -0.25) is 0 Å². The molecule has 2 heterocycles. The fourth-order valence-corrected chi connectivity index (χ4v) is 4.58. The van der Waals surface area contributed by atoms with Crippen molar-refractivity contribution in [3.63, 3.8) is 0 Å². The lowest BCUT2D eigenvalue weighted by Gasteiger charge is -2.46. The Morgan fingerprint density at radius 1 is 0.806 bits per heavy atom. The fourth-order valence-electron chi connectivity index (χ4n) is 4.58. The number of rotatable bonds is 13. The van der Waals surface area contributed by atoms with Gasteiger partial charge < -0.3 is 18.9 Å². The van der Waals surface area contributed by atoms with Crippen molar-refractivity contribution < 1.29 is 18.9 Å². The van der Waals surface area contributed by atoms with Crippen molar-refractivity contribution in [2.45, 2.75) is 91.5 Å². The van der Waals surface area contributed by atoms with Crippen LogP contribution in [0.2, 0.25) is 0 Å². The molecule has 0 aromatic heterocycles. The second kappa shape index (κ2) is 9.91. The van der Waals surface area contributed by atoms with Crippen LogP contribution in [0.5, 0.6) is 0 Å². The molecule has 0 amide bonds. The minimum atomic E-state index is -0.185. The van der Waals surface area contributed by atoms with Gasteiger partial charge in [0.1, 0.15) is 0 Å². The van der Waals surface area contributed by atoms with E-state index in [1.807, 2.05) is 0 Å². The molecule has 2 aliphatic rings. The molecule has 0 aliphatic carbocycles. The topological polar surface area (TPSA) is 36.9 Å². The Morgan fingerprint density at radius 2 is 1.35 bits per heavy atom. The fraction of sp³-hybridized carbons (Fsp3) is 0.778. The molecule has 2 fully saturated rings. The highest BCUT2D eigenvalue weighted by Crippen LogP contribution is 2.41. The van der Waals surface area contributed by atoms with Crippen LogP contribution in [0.15, 0.2) is 24.3 Å². The molecule has 1 aromatic carbocycles. The van der Waals surface area contributed by atoms with Crippen molar-refractivity contribution in [2.75, 3.05) is 33.0 Å². The molecule has 3 rings (SSSR count). The zero-order chi connectivity index (χ0) is 22.6. The summed E-state index contributed by atoms with van der Waals surface area (Å²) in [6.45, 7) is 18.2. The summed E-state index contributed by atoms with van der Waals surface area (Å²) < 4.78 is 23.7. The highest BCUT2D eigenvalue weighted by molar-refractivity contribution is 5.23. The number of benzene rings is 1. The quantitative estimate of drug-likeness (QED) is 0.386. The zero-order valence-corrected chi connectivity index (χ0v) is 20.7. The lowest BCUT2D eigenvalue weighted by molar-refractivity contribution is -0.174. The van der Waals surface area contributed by atoms with Crippen LogP contribution in [0.25, 0.3) is 0 Å². The molecule has 1 unspecified atom stereocenters. The minimum Gasteiger partial charge on any atom is -0.380 e. The highest BCUT2D eigenvalue weighted by atomic mass is 16.5. The molecule has 0 spiro atoms. The first-order chi connectivity index (χ1) is 14.7. The predicted molar refractivity (Wildman–Crippen MR) is 125 cm³/mol. The molecule has 0 N–H and O–H groups in total. The van der Waals surface area contributed by atoms with Crippen LogP contribution in [0.4, 0.5) is 0 Å². The van der Waals surface area contributed by atoms with Gasteiger partial charge in [0.05, 0.1) is 50.8 Å². The van der Waals surface area contributed by atoms with Gasteiger partial charge in [0.2, 0.25) is 0 Å². The summed E-state index contributed by atoms with van der Waals surface area (Å²) in [6.07, 6.45) is 5.26. The molecule has 176 valence electrons. The molecule has 4 heteroatoms. The van der Waals surface area contributed by atoms with Crippen molar-refractivity contribution >= 4 is 0 Å². The maximum absolute atomic E-state index is 6.45. The van der Waals surface area contributed by atoms with Gasteiger partial charge in [0.15, 0.2) is 0 Å². The van der Waals surface area contributed by atoms with Crippen LogP contribution in [-0.4, -0.2) is 44.2 Å². The Hall–Kier alpha value is -0.940. The van der Waals surface area contributed by atoms with Gasteiger partial charge in [-0.15, -0.1) is 0 Å². The van der Waals surface area contributed by atoms with Crippen LogP contribution >= 0.6 is 0 Å². The first-order valence-electron chi connectivity index (χ1n) is 12.2. The Bertz CT molecular complexity index is 677. The molecule has 0 saturated carbocycles. The molecule has 2 aliphatic heterocycles. The maximum atomic E-state index is 6.45. The van der Waals surface area contributed by atoms with E-state index in [2.05, 4.69) is 65.8 Å². The summed E-state index contributed by atoms with van der Waals surface area (Å²) in [5.74, 6) is 0. The van der Waals surface area contributed by atoms with Crippen LogP contribution < -0.4 is 0 Å². The van der Waals surface area contributed by atoms with Crippen molar-refractivity contribution in [1.82, 2.24) is 0 Å². The van der Waals surface area contributed by atoms with Gasteiger partial charge in [-0.2, -0.15) is 0 Å². The van der Waals surface area contributed by atoms with Crippen molar-refractivity contribution in [3.8, 4) is 0 Å². The Balaban J connectivity index is 1.50. The standard InChI is InChI=1S/C27H44O4/c1-7-25(6,16-26(8-2)17-28-18-26)30-15-23-12-10-22(11-13-23)14-24(4,5)31-21-27(9-3)19-29-20-27/h10-13H,7-9,14-21H2,1-6H3. The van der Waals surface area contributed by atoms with E-state index in [1.165, 1.54) is 11.1 Å². The number of hydrogen-bond donors (Lipinski definition) is 0. The van der Waals surface area contributed by atoms with Crippen molar-refractivity contribution in [1.29, 1.82) is 0 Å². The van der Waals surface area contributed by atoms with E-state index >= 15 is 0 Å². The first kappa shape index (κ1) is 24.7.